The van der Waals surface area contributed by atoms with Crippen LogP contribution in [0.5, 0.6) is 0 Å². The van der Waals surface area contributed by atoms with Crippen molar-refractivity contribution < 1.29 is 32.2 Å². The molecule has 2 saturated heterocycles. The number of carbonyl (C=O) groups excluding carboxylic acids is 2. The third-order valence-electron chi connectivity index (χ3n) is 9.06. The molecule has 5 heterocycles. The van der Waals surface area contributed by atoms with Crippen LogP contribution in [0.2, 0.25) is 0 Å². The number of nitrogens with zero attached hydrogens (tertiary/aromatic N) is 6. The van der Waals surface area contributed by atoms with Crippen LogP contribution in [0.25, 0.3) is 5.78 Å². The zero-order chi connectivity index (χ0) is 33.8. The highest BCUT2D eigenvalue weighted by Gasteiger charge is 2.43. The van der Waals surface area contributed by atoms with Gasteiger partial charge in [0.05, 0.1) is 35.9 Å². The van der Waals surface area contributed by atoms with E-state index in [-0.39, 0.29) is 30.8 Å². The Morgan fingerprint density at radius 2 is 1.96 bits per heavy atom. The van der Waals surface area contributed by atoms with E-state index in [9.17, 15) is 22.8 Å². The van der Waals surface area contributed by atoms with Crippen molar-refractivity contribution >= 4 is 36.5 Å². The van der Waals surface area contributed by atoms with Gasteiger partial charge in [0.1, 0.15) is 23.3 Å². The minimum Gasteiger partial charge on any atom is -0.381 e. The van der Waals surface area contributed by atoms with Crippen LogP contribution in [-0.4, -0.2) is 91.6 Å². The van der Waals surface area contributed by atoms with E-state index in [1.807, 2.05) is 14.0 Å². The molecule has 258 valence electrons. The summed E-state index contributed by atoms with van der Waals surface area (Å²) in [5.74, 6) is 0.233. The highest BCUT2D eigenvalue weighted by Crippen LogP contribution is 2.43. The fraction of sp³-hybridized carbons (Fsp3) is 0.667. The molecule has 5 atom stereocenters. The largest absolute Gasteiger partial charge is 0.381 e. The molecule has 0 aromatic carbocycles. The number of hydrogen-bond donors (Lipinski definition) is 2. The van der Waals surface area contributed by atoms with Crippen LogP contribution < -0.4 is 10.6 Å². The standard InChI is InChI=1S/C24H35F3N6O3P2.C6H8N2O/c1-28-19(13-2-6-23(25,37)7-3-13)16-12-33-22(30-16)31-20(14-4-8-35-9-5-14)15(32-33)10-17-21(34)29-11-18(36-17)24(26,27)38;1-2-8-6(5-9)3-4-7-8/h12-14,17-19,28H,2-11,37-38H2,1H3,(H,29,34);3-5H,2H2,1H3. The molecule has 1 aliphatic carbocycles. The fourth-order valence-corrected chi connectivity index (χ4v) is 6.95. The van der Waals surface area contributed by atoms with Gasteiger partial charge in [-0.05, 0) is 64.5 Å². The van der Waals surface area contributed by atoms with Gasteiger partial charge in [0.2, 0.25) is 5.91 Å². The second-order valence-electron chi connectivity index (χ2n) is 12.3. The number of aldehydes is 1. The minimum atomic E-state index is -3.18. The number of aryl methyl sites for hydroxylation is 1. The molecule has 1 amide bonds. The number of halogens is 3. The van der Waals surface area contributed by atoms with Gasteiger partial charge >= 0.3 is 0 Å². The number of amides is 1. The van der Waals surface area contributed by atoms with Crippen LogP contribution >= 0.6 is 18.5 Å². The highest BCUT2D eigenvalue weighted by molar-refractivity contribution is 7.18. The van der Waals surface area contributed by atoms with Crippen molar-refractivity contribution in [2.24, 2.45) is 5.92 Å². The summed E-state index contributed by atoms with van der Waals surface area (Å²) in [6.07, 6.45) is 5.55. The van der Waals surface area contributed by atoms with Crippen LogP contribution in [0, 0.1) is 5.92 Å². The van der Waals surface area contributed by atoms with E-state index in [0.717, 1.165) is 44.2 Å². The molecule has 0 spiro atoms. The predicted octanol–water partition coefficient (Wildman–Crippen LogP) is 3.62. The molecule has 2 N–H and O–H groups in total. The summed E-state index contributed by atoms with van der Waals surface area (Å²) >= 11 is 0. The van der Waals surface area contributed by atoms with Gasteiger partial charge in [-0.1, -0.05) is 18.5 Å². The third-order valence-corrected chi connectivity index (χ3v) is 10.0. The molecule has 47 heavy (non-hydrogen) atoms. The maximum absolute atomic E-state index is 14.4. The summed E-state index contributed by atoms with van der Waals surface area (Å²) < 4.78 is 56.5. The quantitative estimate of drug-likeness (QED) is 0.254. The topological polar surface area (TPSA) is 138 Å². The van der Waals surface area contributed by atoms with E-state index in [1.165, 1.54) is 9.24 Å². The molecule has 0 radical (unpaired) electrons. The number of carbonyl (C=O) groups is 2. The van der Waals surface area contributed by atoms with E-state index < -0.39 is 29.2 Å². The van der Waals surface area contributed by atoms with Gasteiger partial charge in [0, 0.05) is 38.3 Å². The average molecular weight is 699 g/mol. The van der Waals surface area contributed by atoms with Crippen molar-refractivity contribution in [1.29, 1.82) is 0 Å². The smallest absolute Gasteiger partial charge is 0.286 e. The number of nitrogens with one attached hydrogen (secondary N) is 2. The summed E-state index contributed by atoms with van der Waals surface area (Å²) in [5, 5.41) is 13.3. The Balaban J connectivity index is 0.000000417. The van der Waals surface area contributed by atoms with Crippen molar-refractivity contribution in [2.75, 3.05) is 26.8 Å². The molecular weight excluding hydrogens is 655 g/mol. The summed E-state index contributed by atoms with van der Waals surface area (Å²) in [6, 6.07) is 1.60. The zero-order valence-electron chi connectivity index (χ0n) is 26.6. The van der Waals surface area contributed by atoms with Gasteiger partial charge in [-0.3, -0.25) is 14.3 Å². The average Bonchev–Trinajstić information content (AvgIpc) is 3.69. The molecule has 17 heteroatoms. The Kier molecular flexibility index (Phi) is 11.6. The lowest BCUT2D eigenvalue weighted by molar-refractivity contribution is -0.160. The number of hydrogen-bond acceptors (Lipinski definition) is 9. The van der Waals surface area contributed by atoms with Gasteiger partial charge < -0.3 is 20.1 Å². The van der Waals surface area contributed by atoms with Crippen molar-refractivity contribution in [2.45, 2.75) is 93.7 Å². The van der Waals surface area contributed by atoms with Crippen molar-refractivity contribution in [3.05, 3.63) is 41.2 Å². The molecule has 3 aliphatic rings. The van der Waals surface area contributed by atoms with Gasteiger partial charge in [-0.2, -0.15) is 19.0 Å². The number of aromatic nitrogens is 6. The lowest BCUT2D eigenvalue weighted by atomic mass is 9.81. The highest BCUT2D eigenvalue weighted by atomic mass is 31.0. The molecule has 12 nitrogen and oxygen atoms in total. The van der Waals surface area contributed by atoms with Crippen LogP contribution in [0.15, 0.2) is 18.5 Å². The number of ether oxygens (including phenoxy) is 2. The van der Waals surface area contributed by atoms with Crippen LogP contribution in [0.4, 0.5) is 13.2 Å². The normalized spacial score (nSPS) is 26.4. The minimum absolute atomic E-state index is 0.0110. The number of imidazole rings is 1. The maximum Gasteiger partial charge on any atom is 0.286 e. The number of rotatable bonds is 9. The van der Waals surface area contributed by atoms with Gasteiger partial charge in [0.25, 0.3) is 11.4 Å². The summed E-state index contributed by atoms with van der Waals surface area (Å²) in [5.41, 5.74) is -0.568. The molecule has 6 rings (SSSR count). The van der Waals surface area contributed by atoms with E-state index in [4.69, 9.17) is 24.5 Å². The molecule has 5 unspecified atom stereocenters. The maximum atomic E-state index is 14.4. The summed E-state index contributed by atoms with van der Waals surface area (Å²) in [7, 11) is 5.68. The molecule has 0 bridgehead atoms. The van der Waals surface area contributed by atoms with Crippen LogP contribution in [0.3, 0.4) is 0 Å². The predicted molar refractivity (Wildman–Crippen MR) is 174 cm³/mol. The van der Waals surface area contributed by atoms with E-state index >= 15 is 0 Å². The Morgan fingerprint density at radius 3 is 2.57 bits per heavy atom. The van der Waals surface area contributed by atoms with Gasteiger partial charge in [-0.25, -0.2) is 18.9 Å². The molecular formula is C30H43F3N8O4P2. The Labute approximate surface area is 276 Å². The first kappa shape index (κ1) is 35.7. The summed E-state index contributed by atoms with van der Waals surface area (Å²) in [4.78, 5) is 32.4. The second-order valence-corrected chi connectivity index (χ2v) is 14.1. The fourth-order valence-electron chi connectivity index (χ4n) is 6.42. The van der Waals surface area contributed by atoms with Gasteiger partial charge in [0.15, 0.2) is 6.29 Å². The van der Waals surface area contributed by atoms with E-state index in [2.05, 4.69) is 25.0 Å². The first-order valence-electron chi connectivity index (χ1n) is 16.0. The van der Waals surface area contributed by atoms with Crippen molar-refractivity contribution in [3.63, 3.8) is 0 Å². The van der Waals surface area contributed by atoms with E-state index in [0.29, 0.717) is 48.9 Å². The molecule has 3 aromatic rings. The monoisotopic (exact) mass is 698 g/mol. The zero-order valence-corrected chi connectivity index (χ0v) is 28.9. The SMILES string of the molecule is CCn1nccc1C=O.CNC(c1cn2nc(CC3OC(C(F)(F)P)CNC3=O)c(C3CCOCC3)nc2n1)C1CCC(F)(P)CC1. The van der Waals surface area contributed by atoms with Crippen molar-refractivity contribution in [1.82, 2.24) is 40.0 Å². The second kappa shape index (κ2) is 15.3. The van der Waals surface area contributed by atoms with Crippen molar-refractivity contribution in [3.8, 4) is 0 Å². The molecule has 2 aliphatic heterocycles. The van der Waals surface area contributed by atoms with E-state index in [1.54, 1.807) is 27.7 Å². The first-order chi connectivity index (χ1) is 22.4. The summed E-state index contributed by atoms with van der Waals surface area (Å²) in [6.45, 7) is 3.59. The number of fused-ring (bicyclic) bond motifs is 1. The number of morpholine rings is 1. The molecule has 1 saturated carbocycles. The van der Waals surface area contributed by atoms with Crippen LogP contribution in [0.1, 0.15) is 85.0 Å². The van der Waals surface area contributed by atoms with Crippen LogP contribution in [-0.2, 0) is 27.2 Å². The lowest BCUT2D eigenvalue weighted by Crippen LogP contribution is -2.54. The Hall–Kier alpha value is -2.57. The third kappa shape index (κ3) is 8.73. The Morgan fingerprint density at radius 1 is 1.23 bits per heavy atom. The molecule has 3 fully saturated rings. The molecule has 3 aromatic heterocycles. The first-order valence-corrected chi connectivity index (χ1v) is 17.1. The van der Waals surface area contributed by atoms with Gasteiger partial charge in [-0.15, -0.1) is 0 Å². The Bertz CT molecular complexity index is 1520. The number of alkyl halides is 3. The lowest BCUT2D eigenvalue weighted by Gasteiger charge is -2.34.